The van der Waals surface area contributed by atoms with Gasteiger partial charge in [-0.25, -0.2) is 8.42 Å². The summed E-state index contributed by atoms with van der Waals surface area (Å²) in [5.41, 5.74) is 1.36. The summed E-state index contributed by atoms with van der Waals surface area (Å²) in [6, 6.07) is 4.90. The van der Waals surface area contributed by atoms with Crippen LogP contribution in [0.25, 0.3) is 0 Å². The Morgan fingerprint density at radius 2 is 1.48 bits per heavy atom. The fraction of sp³-hybridized carbons (Fsp3) is 0.632. The van der Waals surface area contributed by atoms with Gasteiger partial charge in [0.2, 0.25) is 15.9 Å². The molecule has 0 aromatic heterocycles. The van der Waals surface area contributed by atoms with Crippen molar-refractivity contribution in [1.29, 1.82) is 0 Å². The van der Waals surface area contributed by atoms with E-state index in [9.17, 15) is 13.2 Å². The summed E-state index contributed by atoms with van der Waals surface area (Å²) < 4.78 is 28.0. The van der Waals surface area contributed by atoms with E-state index in [0.29, 0.717) is 18.8 Å². The summed E-state index contributed by atoms with van der Waals surface area (Å²) in [6.45, 7) is 5.84. The number of aryl methyl sites for hydroxylation is 1. The van der Waals surface area contributed by atoms with Gasteiger partial charge in [-0.05, 0) is 78.7 Å². The zero-order valence-electron chi connectivity index (χ0n) is 17.4. The van der Waals surface area contributed by atoms with Gasteiger partial charge >= 0.3 is 0 Å². The summed E-state index contributed by atoms with van der Waals surface area (Å²) in [6.07, 6.45) is 1.53. The fourth-order valence-corrected chi connectivity index (χ4v) is 4.26. The van der Waals surface area contributed by atoms with Crippen LogP contribution in [0.3, 0.4) is 0 Å². The SMILES string of the molecule is CC(=O)Nc1cc(S(=O)(=O)N(CCCN(C)C)CCCN(C)C)ccc1C. The predicted octanol–water partition coefficient (Wildman–Crippen LogP) is 1.85. The van der Waals surface area contributed by atoms with Crippen LogP contribution in [0.4, 0.5) is 5.69 Å². The van der Waals surface area contributed by atoms with Gasteiger partial charge in [0, 0.05) is 25.7 Å². The van der Waals surface area contributed by atoms with E-state index in [0.717, 1.165) is 31.5 Å². The number of hydrogen-bond acceptors (Lipinski definition) is 5. The molecule has 1 amide bonds. The average Bonchev–Trinajstić information content (AvgIpc) is 2.54. The minimum atomic E-state index is -3.63. The number of nitrogens with one attached hydrogen (secondary N) is 1. The van der Waals surface area contributed by atoms with Gasteiger partial charge in [-0.15, -0.1) is 0 Å². The lowest BCUT2D eigenvalue weighted by atomic mass is 10.2. The smallest absolute Gasteiger partial charge is 0.243 e. The third kappa shape index (κ3) is 7.96. The van der Waals surface area contributed by atoms with Crippen molar-refractivity contribution in [2.75, 3.05) is 59.7 Å². The first-order chi connectivity index (χ1) is 12.5. The van der Waals surface area contributed by atoms with E-state index in [1.807, 2.05) is 44.9 Å². The van der Waals surface area contributed by atoms with Crippen molar-refractivity contribution in [1.82, 2.24) is 14.1 Å². The van der Waals surface area contributed by atoms with E-state index in [-0.39, 0.29) is 10.8 Å². The van der Waals surface area contributed by atoms with Gasteiger partial charge in [0.15, 0.2) is 0 Å². The fourth-order valence-electron chi connectivity index (χ4n) is 2.71. The van der Waals surface area contributed by atoms with Crippen LogP contribution in [-0.4, -0.2) is 82.8 Å². The molecule has 0 heterocycles. The van der Waals surface area contributed by atoms with Gasteiger partial charge in [-0.2, -0.15) is 4.31 Å². The number of nitrogens with zero attached hydrogens (tertiary/aromatic N) is 3. The van der Waals surface area contributed by atoms with E-state index in [2.05, 4.69) is 5.32 Å². The standard InChI is InChI=1S/C19H34N4O3S/c1-16-9-10-18(15-19(16)20-17(2)24)27(25,26)23(13-7-11-21(3)4)14-8-12-22(5)6/h9-10,15H,7-8,11-14H2,1-6H3,(H,20,24). The van der Waals surface area contributed by atoms with Gasteiger partial charge in [-0.1, -0.05) is 6.07 Å². The minimum absolute atomic E-state index is 0.214. The normalized spacial score (nSPS) is 12.2. The third-order valence-electron chi connectivity index (χ3n) is 4.18. The summed E-state index contributed by atoms with van der Waals surface area (Å²) in [5, 5.41) is 2.71. The molecule has 27 heavy (non-hydrogen) atoms. The largest absolute Gasteiger partial charge is 0.326 e. The van der Waals surface area contributed by atoms with Gasteiger partial charge in [0.1, 0.15) is 0 Å². The molecule has 0 atom stereocenters. The second-order valence-electron chi connectivity index (χ2n) is 7.38. The highest BCUT2D eigenvalue weighted by Gasteiger charge is 2.24. The minimum Gasteiger partial charge on any atom is -0.326 e. The Kier molecular flexibility index (Phi) is 9.38. The molecule has 8 heteroatoms. The highest BCUT2D eigenvalue weighted by molar-refractivity contribution is 7.89. The number of sulfonamides is 1. The Balaban J connectivity index is 3.07. The van der Waals surface area contributed by atoms with Crippen LogP contribution in [0.2, 0.25) is 0 Å². The maximum atomic E-state index is 13.2. The van der Waals surface area contributed by atoms with Crippen molar-refractivity contribution in [3.05, 3.63) is 23.8 Å². The molecule has 0 radical (unpaired) electrons. The Labute approximate surface area is 164 Å². The van der Waals surface area contributed by atoms with Crippen LogP contribution in [0.15, 0.2) is 23.1 Å². The summed E-state index contributed by atoms with van der Waals surface area (Å²) in [7, 11) is 4.28. The Bertz CT molecular complexity index is 704. The van der Waals surface area contributed by atoms with Crippen molar-refractivity contribution in [2.24, 2.45) is 0 Å². The number of rotatable bonds is 11. The second-order valence-corrected chi connectivity index (χ2v) is 9.31. The van der Waals surface area contributed by atoms with Crippen molar-refractivity contribution in [3.8, 4) is 0 Å². The van der Waals surface area contributed by atoms with E-state index >= 15 is 0 Å². The molecule has 1 aromatic carbocycles. The van der Waals surface area contributed by atoms with Crippen molar-refractivity contribution in [3.63, 3.8) is 0 Å². The van der Waals surface area contributed by atoms with Crippen molar-refractivity contribution >= 4 is 21.6 Å². The molecular formula is C19H34N4O3S. The van der Waals surface area contributed by atoms with E-state index in [1.165, 1.54) is 6.92 Å². The molecule has 7 nitrogen and oxygen atoms in total. The van der Waals surface area contributed by atoms with Gasteiger partial charge in [0.25, 0.3) is 0 Å². The molecular weight excluding hydrogens is 364 g/mol. The van der Waals surface area contributed by atoms with Gasteiger partial charge < -0.3 is 15.1 Å². The summed E-state index contributed by atoms with van der Waals surface area (Å²) >= 11 is 0. The topological polar surface area (TPSA) is 73.0 Å². The van der Waals surface area contributed by atoms with E-state index in [4.69, 9.17) is 0 Å². The lowest BCUT2D eigenvalue weighted by Gasteiger charge is -2.24. The molecule has 0 spiro atoms. The molecule has 0 aliphatic carbocycles. The summed E-state index contributed by atoms with van der Waals surface area (Å²) in [5.74, 6) is -0.221. The number of carbonyl (C=O) groups excluding carboxylic acids is 1. The maximum Gasteiger partial charge on any atom is 0.243 e. The first-order valence-corrected chi connectivity index (χ1v) is 10.7. The third-order valence-corrected chi connectivity index (χ3v) is 6.08. The van der Waals surface area contributed by atoms with Crippen LogP contribution in [0.1, 0.15) is 25.3 Å². The van der Waals surface area contributed by atoms with Crippen molar-refractivity contribution < 1.29 is 13.2 Å². The van der Waals surface area contributed by atoms with Gasteiger partial charge in [0.05, 0.1) is 4.90 Å². The molecule has 0 aliphatic rings. The van der Waals surface area contributed by atoms with Crippen molar-refractivity contribution in [2.45, 2.75) is 31.6 Å². The molecule has 0 fully saturated rings. The Hall–Kier alpha value is -1.48. The molecule has 0 bridgehead atoms. The number of benzene rings is 1. The molecule has 1 rings (SSSR count). The van der Waals surface area contributed by atoms with Crippen LogP contribution in [-0.2, 0) is 14.8 Å². The number of amides is 1. The first-order valence-electron chi connectivity index (χ1n) is 9.22. The second kappa shape index (κ2) is 10.8. The quantitative estimate of drug-likeness (QED) is 0.616. The number of hydrogen-bond donors (Lipinski definition) is 1. The predicted molar refractivity (Wildman–Crippen MR) is 111 cm³/mol. The lowest BCUT2D eigenvalue weighted by Crippen LogP contribution is -2.35. The Morgan fingerprint density at radius 1 is 0.963 bits per heavy atom. The molecule has 1 N–H and O–H groups in total. The van der Waals surface area contributed by atoms with Crippen LogP contribution in [0, 0.1) is 6.92 Å². The van der Waals surface area contributed by atoms with E-state index < -0.39 is 10.0 Å². The molecule has 0 saturated heterocycles. The van der Waals surface area contributed by atoms with Crippen LogP contribution < -0.4 is 5.32 Å². The lowest BCUT2D eigenvalue weighted by molar-refractivity contribution is -0.114. The first kappa shape index (κ1) is 23.6. The molecule has 0 unspecified atom stereocenters. The zero-order chi connectivity index (χ0) is 20.6. The summed E-state index contributed by atoms with van der Waals surface area (Å²) in [4.78, 5) is 15.7. The molecule has 0 aliphatic heterocycles. The zero-order valence-corrected chi connectivity index (χ0v) is 18.3. The monoisotopic (exact) mass is 398 g/mol. The molecule has 1 aromatic rings. The van der Waals surface area contributed by atoms with E-state index in [1.54, 1.807) is 22.5 Å². The maximum absolute atomic E-state index is 13.2. The van der Waals surface area contributed by atoms with Crippen LogP contribution in [0.5, 0.6) is 0 Å². The highest BCUT2D eigenvalue weighted by Crippen LogP contribution is 2.23. The highest BCUT2D eigenvalue weighted by atomic mass is 32.2. The molecule has 0 saturated carbocycles. The Morgan fingerprint density at radius 3 is 1.93 bits per heavy atom. The van der Waals surface area contributed by atoms with Gasteiger partial charge in [-0.3, -0.25) is 4.79 Å². The average molecular weight is 399 g/mol. The molecule has 154 valence electrons. The number of carbonyl (C=O) groups is 1. The number of anilines is 1. The van der Waals surface area contributed by atoms with Crippen LogP contribution >= 0.6 is 0 Å².